The molecule has 1 saturated heterocycles. The highest BCUT2D eigenvalue weighted by Gasteiger charge is 2.30. The van der Waals surface area contributed by atoms with Gasteiger partial charge in [0.15, 0.2) is 0 Å². The SMILES string of the molecule is C=CC(=O)N[C@H]1COC[C@H]1Nc1ncc2cc(-c3c(Cl)c(OC)cc(OC)c3Cl)nc(-c3cnn(CCO)c3)c2n1. The van der Waals surface area contributed by atoms with Crippen LogP contribution in [0.4, 0.5) is 5.95 Å². The van der Waals surface area contributed by atoms with Gasteiger partial charge in [0, 0.05) is 35.0 Å². The molecule has 3 N–H and O–H groups in total. The number of rotatable bonds is 10. The standard InChI is InChI=1S/C27H27Cl2N7O5/c1-4-21(38)32-17-12-41-13-18(17)34-27-30-9-14-7-16(22-23(28)19(39-2)8-20(40-3)24(22)29)33-26(25(14)35-27)15-10-31-36(11-15)5-6-37/h4,7-11,17-18,37H,1,5-6,12-13H2,2-3H3,(H,32,38)(H,30,34,35)/t17-,18+/m0/s1. The fourth-order valence-electron chi connectivity index (χ4n) is 4.51. The normalized spacial score (nSPS) is 16.5. The number of halogens is 2. The maximum atomic E-state index is 11.9. The number of nitrogens with one attached hydrogen (secondary N) is 2. The van der Waals surface area contributed by atoms with Crippen molar-refractivity contribution < 1.29 is 24.1 Å². The van der Waals surface area contributed by atoms with Gasteiger partial charge in [0.1, 0.15) is 22.7 Å². The number of methoxy groups -OCH3 is 2. The van der Waals surface area contributed by atoms with E-state index in [9.17, 15) is 9.90 Å². The van der Waals surface area contributed by atoms with E-state index in [1.165, 1.54) is 20.3 Å². The molecule has 1 fully saturated rings. The Balaban J connectivity index is 1.63. The van der Waals surface area contributed by atoms with Gasteiger partial charge in [-0.15, -0.1) is 0 Å². The second kappa shape index (κ2) is 12.3. The van der Waals surface area contributed by atoms with Crippen LogP contribution in [0.5, 0.6) is 11.5 Å². The van der Waals surface area contributed by atoms with Crippen molar-refractivity contribution >= 4 is 46.0 Å². The Hall–Kier alpha value is -3.97. The first-order chi connectivity index (χ1) is 19.9. The highest BCUT2D eigenvalue weighted by molar-refractivity contribution is 6.41. The van der Waals surface area contributed by atoms with Gasteiger partial charge >= 0.3 is 0 Å². The maximum absolute atomic E-state index is 11.9. The summed E-state index contributed by atoms with van der Waals surface area (Å²) in [4.78, 5) is 26.1. The number of hydrogen-bond acceptors (Lipinski definition) is 10. The van der Waals surface area contributed by atoms with Crippen molar-refractivity contribution in [1.29, 1.82) is 0 Å². The topological polar surface area (TPSA) is 146 Å². The Kier molecular flexibility index (Phi) is 8.54. The fourth-order valence-corrected chi connectivity index (χ4v) is 5.20. The number of nitrogens with zero attached hydrogens (tertiary/aromatic N) is 5. The molecule has 1 aliphatic rings. The Morgan fingerprint density at radius 1 is 1.17 bits per heavy atom. The molecule has 0 bridgehead atoms. The van der Waals surface area contributed by atoms with Crippen LogP contribution >= 0.6 is 23.2 Å². The molecule has 0 unspecified atom stereocenters. The van der Waals surface area contributed by atoms with E-state index in [2.05, 4.69) is 27.3 Å². The molecule has 0 saturated carbocycles. The van der Waals surface area contributed by atoms with Gasteiger partial charge in [0.25, 0.3) is 0 Å². The van der Waals surface area contributed by atoms with Crippen molar-refractivity contribution in [3.05, 3.63) is 53.4 Å². The second-order valence-electron chi connectivity index (χ2n) is 9.09. The number of aliphatic hydroxyl groups excluding tert-OH is 1. The monoisotopic (exact) mass is 599 g/mol. The number of aromatic nitrogens is 5. The van der Waals surface area contributed by atoms with Gasteiger partial charge in [-0.25, -0.2) is 15.0 Å². The molecule has 12 nitrogen and oxygen atoms in total. The first-order valence-corrected chi connectivity index (χ1v) is 13.3. The first kappa shape index (κ1) is 28.6. The van der Waals surface area contributed by atoms with E-state index in [4.69, 9.17) is 47.4 Å². The Morgan fingerprint density at radius 2 is 1.90 bits per heavy atom. The van der Waals surface area contributed by atoms with Crippen LogP contribution in [0.15, 0.2) is 43.4 Å². The van der Waals surface area contributed by atoms with E-state index in [0.717, 1.165) is 0 Å². The minimum absolute atomic E-state index is 0.0760. The van der Waals surface area contributed by atoms with E-state index in [0.29, 0.717) is 70.6 Å². The molecular formula is C27H27Cl2N7O5. The summed E-state index contributed by atoms with van der Waals surface area (Å²) in [6, 6.07) is 2.83. The number of anilines is 1. The number of aliphatic hydroxyl groups is 1. The third-order valence-corrected chi connectivity index (χ3v) is 7.29. The Morgan fingerprint density at radius 3 is 2.59 bits per heavy atom. The van der Waals surface area contributed by atoms with Gasteiger partial charge in [-0.1, -0.05) is 29.8 Å². The molecule has 2 atom stereocenters. The van der Waals surface area contributed by atoms with Crippen LogP contribution in [-0.2, 0) is 16.1 Å². The molecule has 3 aromatic heterocycles. The van der Waals surface area contributed by atoms with E-state index < -0.39 is 0 Å². The Bertz CT molecular complexity index is 1580. The van der Waals surface area contributed by atoms with Crippen LogP contribution in [0, 0.1) is 0 Å². The van der Waals surface area contributed by atoms with Crippen molar-refractivity contribution in [1.82, 2.24) is 30.0 Å². The van der Waals surface area contributed by atoms with Crippen molar-refractivity contribution in [2.75, 3.05) is 39.4 Å². The van der Waals surface area contributed by atoms with E-state index in [-0.39, 0.29) is 34.6 Å². The lowest BCUT2D eigenvalue weighted by Gasteiger charge is -2.20. The second-order valence-corrected chi connectivity index (χ2v) is 9.85. The van der Waals surface area contributed by atoms with Gasteiger partial charge in [-0.05, 0) is 12.1 Å². The summed E-state index contributed by atoms with van der Waals surface area (Å²) in [6.45, 7) is 4.43. The van der Waals surface area contributed by atoms with Crippen molar-refractivity contribution in [3.8, 4) is 34.0 Å². The number of amides is 1. The van der Waals surface area contributed by atoms with Crippen LogP contribution in [0.25, 0.3) is 33.4 Å². The molecule has 0 spiro atoms. The van der Waals surface area contributed by atoms with Crippen molar-refractivity contribution in [3.63, 3.8) is 0 Å². The molecule has 1 aromatic carbocycles. The lowest BCUT2D eigenvalue weighted by molar-refractivity contribution is -0.117. The molecular weight excluding hydrogens is 573 g/mol. The van der Waals surface area contributed by atoms with Crippen LogP contribution in [0.3, 0.4) is 0 Å². The number of carbonyl (C=O) groups is 1. The number of ether oxygens (including phenoxy) is 3. The van der Waals surface area contributed by atoms with Gasteiger partial charge in [-0.2, -0.15) is 5.10 Å². The third-order valence-electron chi connectivity index (χ3n) is 6.54. The van der Waals surface area contributed by atoms with Crippen LogP contribution in [0.1, 0.15) is 0 Å². The largest absolute Gasteiger partial charge is 0.495 e. The van der Waals surface area contributed by atoms with Crippen molar-refractivity contribution in [2.45, 2.75) is 18.6 Å². The molecule has 5 rings (SSSR count). The molecule has 4 heterocycles. The minimum atomic E-state index is -0.294. The summed E-state index contributed by atoms with van der Waals surface area (Å²) in [6.07, 6.45) is 6.27. The molecule has 4 aromatic rings. The molecule has 0 aliphatic carbocycles. The lowest BCUT2D eigenvalue weighted by atomic mass is 10.1. The van der Waals surface area contributed by atoms with Crippen LogP contribution in [-0.4, -0.2) is 81.9 Å². The average molecular weight is 600 g/mol. The van der Waals surface area contributed by atoms with Gasteiger partial charge in [0.2, 0.25) is 11.9 Å². The van der Waals surface area contributed by atoms with Crippen LogP contribution < -0.4 is 20.1 Å². The fraction of sp³-hybridized carbons (Fsp3) is 0.296. The molecule has 41 heavy (non-hydrogen) atoms. The summed E-state index contributed by atoms with van der Waals surface area (Å²) in [5, 5.41) is 21.0. The predicted octanol–water partition coefficient (Wildman–Crippen LogP) is 3.35. The first-order valence-electron chi connectivity index (χ1n) is 12.6. The highest BCUT2D eigenvalue weighted by Crippen LogP contribution is 2.46. The smallest absolute Gasteiger partial charge is 0.243 e. The summed E-state index contributed by atoms with van der Waals surface area (Å²) in [5.74, 6) is 0.769. The number of pyridine rings is 1. The zero-order valence-electron chi connectivity index (χ0n) is 22.2. The highest BCUT2D eigenvalue weighted by atomic mass is 35.5. The quantitative estimate of drug-likeness (QED) is 0.232. The number of hydrogen-bond donors (Lipinski definition) is 3. The van der Waals surface area contributed by atoms with E-state index in [1.807, 2.05) is 0 Å². The van der Waals surface area contributed by atoms with E-state index in [1.54, 1.807) is 35.4 Å². The van der Waals surface area contributed by atoms with Gasteiger partial charge in [0.05, 0.1) is 74.6 Å². The maximum Gasteiger partial charge on any atom is 0.243 e. The van der Waals surface area contributed by atoms with Crippen molar-refractivity contribution in [2.24, 2.45) is 0 Å². The molecule has 1 aliphatic heterocycles. The summed E-state index contributed by atoms with van der Waals surface area (Å²) < 4.78 is 18.1. The van der Waals surface area contributed by atoms with Gasteiger partial charge < -0.3 is 30.0 Å². The molecule has 14 heteroatoms. The predicted molar refractivity (Wildman–Crippen MR) is 155 cm³/mol. The zero-order valence-corrected chi connectivity index (χ0v) is 23.7. The summed E-state index contributed by atoms with van der Waals surface area (Å²) in [5.41, 5.74) is 2.52. The lowest BCUT2D eigenvalue weighted by Crippen LogP contribution is -2.45. The molecule has 214 valence electrons. The van der Waals surface area contributed by atoms with E-state index >= 15 is 0 Å². The molecule has 0 radical (unpaired) electrons. The average Bonchev–Trinajstić information content (AvgIpc) is 3.62. The number of fused-ring (bicyclic) bond motifs is 1. The minimum Gasteiger partial charge on any atom is -0.495 e. The third kappa shape index (κ3) is 5.77. The summed E-state index contributed by atoms with van der Waals surface area (Å²) >= 11 is 13.4. The number of carbonyl (C=O) groups excluding carboxylic acids is 1. The number of benzene rings is 1. The zero-order chi connectivity index (χ0) is 29.1. The van der Waals surface area contributed by atoms with Gasteiger partial charge in [-0.3, -0.25) is 9.48 Å². The summed E-state index contributed by atoms with van der Waals surface area (Å²) in [7, 11) is 3.00. The Labute approximate surface area is 245 Å². The molecule has 1 amide bonds. The van der Waals surface area contributed by atoms with Crippen LogP contribution in [0.2, 0.25) is 10.0 Å².